The smallest absolute Gasteiger partial charge is 0.307 e. The van der Waals surface area contributed by atoms with Crippen molar-refractivity contribution in [1.82, 2.24) is 0 Å². The average Bonchev–Trinajstić information content (AvgIpc) is 3.08. The summed E-state index contributed by atoms with van der Waals surface area (Å²) in [6.45, 7) is 1.33. The maximum absolute atomic E-state index is 10.5. The zero-order chi connectivity index (χ0) is 12.3. The van der Waals surface area contributed by atoms with Gasteiger partial charge in [0.25, 0.3) is 0 Å². The van der Waals surface area contributed by atoms with Crippen LogP contribution in [0.1, 0.15) is 18.4 Å². The highest BCUT2D eigenvalue weighted by Crippen LogP contribution is 2.44. The van der Waals surface area contributed by atoms with Crippen molar-refractivity contribution in [3.05, 3.63) is 29.8 Å². The van der Waals surface area contributed by atoms with Gasteiger partial charge in [0.2, 0.25) is 0 Å². The second kappa shape index (κ2) is 4.75. The van der Waals surface area contributed by atoms with Crippen molar-refractivity contribution in [3.63, 3.8) is 0 Å². The van der Waals surface area contributed by atoms with Crippen LogP contribution in [-0.4, -0.2) is 24.2 Å². The average molecular weight is 235 g/mol. The van der Waals surface area contributed by atoms with E-state index < -0.39 is 5.97 Å². The standard InChI is InChI=1S/C13H17NO3/c14-8-13(5-6-13)9-17-11-3-1-10(2-4-11)7-12(15)16/h1-4H,5-9,14H2,(H,15,16). The molecule has 1 aromatic rings. The first-order chi connectivity index (χ1) is 8.13. The lowest BCUT2D eigenvalue weighted by Gasteiger charge is -2.13. The first-order valence-corrected chi connectivity index (χ1v) is 5.77. The number of aliphatic carboxylic acids is 1. The predicted octanol–water partition coefficient (Wildman–Crippen LogP) is 1.43. The molecule has 0 aliphatic heterocycles. The lowest BCUT2D eigenvalue weighted by Crippen LogP contribution is -2.22. The van der Waals surface area contributed by atoms with Crippen LogP contribution in [0.15, 0.2) is 24.3 Å². The van der Waals surface area contributed by atoms with Crippen molar-refractivity contribution >= 4 is 5.97 Å². The molecule has 0 amide bonds. The maximum atomic E-state index is 10.5. The van der Waals surface area contributed by atoms with Crippen molar-refractivity contribution in [2.24, 2.45) is 11.1 Å². The first kappa shape index (κ1) is 11.9. The molecule has 0 bridgehead atoms. The molecule has 1 aliphatic rings. The van der Waals surface area contributed by atoms with Gasteiger partial charge in [-0.2, -0.15) is 0 Å². The Morgan fingerprint density at radius 3 is 2.47 bits per heavy atom. The lowest BCUT2D eigenvalue weighted by atomic mass is 10.1. The zero-order valence-electron chi connectivity index (χ0n) is 9.69. The van der Waals surface area contributed by atoms with Gasteiger partial charge in [-0.05, 0) is 30.5 Å². The normalized spacial score (nSPS) is 16.5. The largest absolute Gasteiger partial charge is 0.493 e. The molecule has 4 nitrogen and oxygen atoms in total. The Morgan fingerprint density at radius 1 is 1.35 bits per heavy atom. The molecular formula is C13H17NO3. The maximum Gasteiger partial charge on any atom is 0.307 e. The van der Waals surface area contributed by atoms with Gasteiger partial charge >= 0.3 is 5.97 Å². The van der Waals surface area contributed by atoms with Gasteiger partial charge in [0.05, 0.1) is 13.0 Å². The summed E-state index contributed by atoms with van der Waals surface area (Å²) >= 11 is 0. The molecule has 0 unspecified atom stereocenters. The molecule has 0 aromatic heterocycles. The summed E-state index contributed by atoms with van der Waals surface area (Å²) in [5.41, 5.74) is 6.64. The van der Waals surface area contributed by atoms with E-state index in [0.717, 1.165) is 24.2 Å². The van der Waals surface area contributed by atoms with Gasteiger partial charge in [-0.3, -0.25) is 4.79 Å². The van der Waals surface area contributed by atoms with Gasteiger partial charge in [-0.1, -0.05) is 12.1 Å². The molecule has 4 heteroatoms. The number of benzene rings is 1. The summed E-state index contributed by atoms with van der Waals surface area (Å²) in [6, 6.07) is 7.19. The van der Waals surface area contributed by atoms with E-state index in [0.29, 0.717) is 13.2 Å². The van der Waals surface area contributed by atoms with Gasteiger partial charge in [0.1, 0.15) is 5.75 Å². The third-order valence-electron chi connectivity index (χ3n) is 3.21. The molecule has 0 atom stereocenters. The third-order valence-corrected chi connectivity index (χ3v) is 3.21. The fraction of sp³-hybridized carbons (Fsp3) is 0.462. The molecule has 92 valence electrons. The third kappa shape index (κ3) is 3.20. The quantitative estimate of drug-likeness (QED) is 0.782. The summed E-state index contributed by atoms with van der Waals surface area (Å²) < 4.78 is 5.66. The van der Waals surface area contributed by atoms with Crippen LogP contribution in [0, 0.1) is 5.41 Å². The Balaban J connectivity index is 1.87. The van der Waals surface area contributed by atoms with Crippen LogP contribution >= 0.6 is 0 Å². The first-order valence-electron chi connectivity index (χ1n) is 5.77. The summed E-state index contributed by atoms with van der Waals surface area (Å²) in [6.07, 6.45) is 2.33. The molecular weight excluding hydrogens is 218 g/mol. The molecule has 2 rings (SSSR count). The highest BCUT2D eigenvalue weighted by molar-refractivity contribution is 5.70. The molecule has 1 aliphatic carbocycles. The second-order valence-corrected chi connectivity index (χ2v) is 4.71. The minimum absolute atomic E-state index is 0.0486. The predicted molar refractivity (Wildman–Crippen MR) is 64.0 cm³/mol. The topological polar surface area (TPSA) is 72.5 Å². The Bertz CT molecular complexity index is 396. The molecule has 1 saturated carbocycles. The number of hydrogen-bond acceptors (Lipinski definition) is 3. The Kier molecular flexibility index (Phi) is 3.33. The minimum atomic E-state index is -0.821. The number of nitrogens with two attached hydrogens (primary N) is 1. The SMILES string of the molecule is NCC1(COc2ccc(CC(=O)O)cc2)CC1. The molecule has 0 saturated heterocycles. The summed E-state index contributed by atoms with van der Waals surface area (Å²) in [5.74, 6) is -0.0439. The molecule has 3 N–H and O–H groups in total. The highest BCUT2D eigenvalue weighted by atomic mass is 16.5. The van der Waals surface area contributed by atoms with E-state index in [1.807, 2.05) is 12.1 Å². The number of carboxylic acids is 1. The van der Waals surface area contributed by atoms with E-state index in [4.69, 9.17) is 15.6 Å². The number of carbonyl (C=O) groups is 1. The fourth-order valence-corrected chi connectivity index (χ4v) is 1.70. The Labute approximate surface area is 100 Å². The van der Waals surface area contributed by atoms with Gasteiger partial charge in [-0.25, -0.2) is 0 Å². The molecule has 17 heavy (non-hydrogen) atoms. The van der Waals surface area contributed by atoms with Crippen LogP contribution in [0.2, 0.25) is 0 Å². The van der Waals surface area contributed by atoms with E-state index in [2.05, 4.69) is 0 Å². The van der Waals surface area contributed by atoms with Crippen LogP contribution in [0.5, 0.6) is 5.75 Å². The monoisotopic (exact) mass is 235 g/mol. The summed E-state index contributed by atoms with van der Waals surface area (Å²) in [5, 5.41) is 8.64. The van der Waals surface area contributed by atoms with E-state index in [-0.39, 0.29) is 11.8 Å². The Morgan fingerprint density at radius 2 is 2.00 bits per heavy atom. The van der Waals surface area contributed by atoms with Crippen molar-refractivity contribution < 1.29 is 14.6 Å². The van der Waals surface area contributed by atoms with Crippen molar-refractivity contribution in [2.75, 3.05) is 13.2 Å². The van der Waals surface area contributed by atoms with Crippen molar-refractivity contribution in [1.29, 1.82) is 0 Å². The van der Waals surface area contributed by atoms with Gasteiger partial charge in [-0.15, -0.1) is 0 Å². The van der Waals surface area contributed by atoms with Gasteiger partial charge in [0, 0.05) is 12.0 Å². The van der Waals surface area contributed by atoms with E-state index in [9.17, 15) is 4.79 Å². The van der Waals surface area contributed by atoms with Crippen LogP contribution in [0.3, 0.4) is 0 Å². The minimum Gasteiger partial charge on any atom is -0.493 e. The van der Waals surface area contributed by atoms with Crippen molar-refractivity contribution in [3.8, 4) is 5.75 Å². The zero-order valence-corrected chi connectivity index (χ0v) is 9.69. The number of carboxylic acid groups (broad SMARTS) is 1. The molecule has 0 radical (unpaired) electrons. The van der Waals surface area contributed by atoms with Gasteiger partial charge in [0.15, 0.2) is 0 Å². The fourth-order valence-electron chi connectivity index (χ4n) is 1.70. The van der Waals surface area contributed by atoms with Crippen LogP contribution in [0.4, 0.5) is 0 Å². The molecule has 1 aromatic carbocycles. The molecule has 0 spiro atoms. The Hall–Kier alpha value is -1.55. The van der Waals surface area contributed by atoms with Crippen molar-refractivity contribution in [2.45, 2.75) is 19.3 Å². The lowest BCUT2D eigenvalue weighted by molar-refractivity contribution is -0.136. The molecule has 1 fully saturated rings. The van der Waals surface area contributed by atoms with E-state index >= 15 is 0 Å². The van der Waals surface area contributed by atoms with E-state index in [1.165, 1.54) is 0 Å². The second-order valence-electron chi connectivity index (χ2n) is 4.71. The molecule has 0 heterocycles. The number of hydrogen-bond donors (Lipinski definition) is 2. The van der Waals surface area contributed by atoms with E-state index in [1.54, 1.807) is 12.1 Å². The summed E-state index contributed by atoms with van der Waals surface area (Å²) in [7, 11) is 0. The highest BCUT2D eigenvalue weighted by Gasteiger charge is 2.42. The summed E-state index contributed by atoms with van der Waals surface area (Å²) in [4.78, 5) is 10.5. The van der Waals surface area contributed by atoms with Crippen LogP contribution in [0.25, 0.3) is 0 Å². The number of ether oxygens (including phenoxy) is 1. The van der Waals surface area contributed by atoms with Gasteiger partial charge < -0.3 is 15.6 Å². The van der Waals surface area contributed by atoms with Crippen LogP contribution in [-0.2, 0) is 11.2 Å². The van der Waals surface area contributed by atoms with Crippen LogP contribution < -0.4 is 10.5 Å². The number of rotatable bonds is 6.